The van der Waals surface area contributed by atoms with Crippen LogP contribution in [0.3, 0.4) is 0 Å². The van der Waals surface area contributed by atoms with E-state index < -0.39 is 17.7 Å². The van der Waals surface area contributed by atoms with E-state index >= 15 is 0 Å². The first-order valence-electron chi connectivity index (χ1n) is 14.1. The highest BCUT2D eigenvalue weighted by atomic mass is 16.5. The number of carboxylic acid groups (broad SMARTS) is 1. The smallest absolute Gasteiger partial charge is 0.337 e. The summed E-state index contributed by atoms with van der Waals surface area (Å²) in [6, 6.07) is 18.7. The number of carbonyl (C=O) groups is 1. The average molecular weight is 541 g/mol. The van der Waals surface area contributed by atoms with Gasteiger partial charge in [0.15, 0.2) is 11.8 Å². The van der Waals surface area contributed by atoms with Crippen molar-refractivity contribution in [3.05, 3.63) is 71.4 Å². The Bertz CT molecular complexity index is 1550. The number of aliphatic carboxylic acids is 1. The Morgan fingerprint density at radius 2 is 1.68 bits per heavy atom. The fourth-order valence-corrected chi connectivity index (χ4v) is 5.52. The van der Waals surface area contributed by atoms with Crippen molar-refractivity contribution in [1.82, 2.24) is 14.6 Å². The number of carboxylic acids is 1. The molecular weight excluding hydrogens is 500 g/mol. The minimum atomic E-state index is -1.17. The summed E-state index contributed by atoms with van der Waals surface area (Å²) < 4.78 is 7.98. The minimum absolute atomic E-state index is 0.233. The second kappa shape index (κ2) is 10.4. The van der Waals surface area contributed by atoms with Crippen molar-refractivity contribution >= 4 is 17.4 Å². The van der Waals surface area contributed by atoms with Crippen molar-refractivity contribution in [3.8, 4) is 22.4 Å². The van der Waals surface area contributed by atoms with E-state index in [0.29, 0.717) is 16.9 Å². The second-order valence-corrected chi connectivity index (χ2v) is 12.7. The van der Waals surface area contributed by atoms with Crippen LogP contribution in [-0.2, 0) is 9.53 Å². The topological polar surface area (TPSA) is 80.0 Å². The number of fused-ring (bicyclic) bond motifs is 1. The Labute approximate surface area is 236 Å². The molecule has 0 amide bonds. The van der Waals surface area contributed by atoms with E-state index in [4.69, 9.17) is 14.8 Å². The van der Waals surface area contributed by atoms with Crippen LogP contribution in [0.4, 0.5) is 5.82 Å². The lowest BCUT2D eigenvalue weighted by Crippen LogP contribution is -2.40. The van der Waals surface area contributed by atoms with Crippen molar-refractivity contribution in [2.24, 2.45) is 5.41 Å². The molecule has 3 heterocycles. The van der Waals surface area contributed by atoms with Crippen molar-refractivity contribution in [2.45, 2.75) is 73.0 Å². The van der Waals surface area contributed by atoms with Crippen molar-refractivity contribution < 1.29 is 14.6 Å². The lowest BCUT2D eigenvalue weighted by Gasteiger charge is -2.39. The van der Waals surface area contributed by atoms with Gasteiger partial charge in [0.1, 0.15) is 5.82 Å². The number of benzene rings is 2. The number of hydrogen-bond donors (Lipinski definition) is 1. The average Bonchev–Trinajstić information content (AvgIpc) is 3.30. The van der Waals surface area contributed by atoms with Crippen LogP contribution in [0.2, 0.25) is 0 Å². The molecule has 0 spiro atoms. The molecule has 2 aromatic heterocycles. The summed E-state index contributed by atoms with van der Waals surface area (Å²) in [7, 11) is 0. The number of nitrogens with zero attached hydrogens (tertiary/aromatic N) is 4. The third-order valence-corrected chi connectivity index (χ3v) is 7.79. The van der Waals surface area contributed by atoms with Gasteiger partial charge in [0.25, 0.3) is 0 Å². The van der Waals surface area contributed by atoms with Crippen LogP contribution >= 0.6 is 0 Å². The summed E-state index contributed by atoms with van der Waals surface area (Å²) in [6.45, 7) is 15.8. The molecule has 40 heavy (non-hydrogen) atoms. The maximum Gasteiger partial charge on any atom is 0.337 e. The molecule has 1 atom stereocenters. The summed E-state index contributed by atoms with van der Waals surface area (Å²) in [6.07, 6.45) is 0.832. The molecule has 7 nitrogen and oxygen atoms in total. The second-order valence-electron chi connectivity index (χ2n) is 12.7. The van der Waals surface area contributed by atoms with Gasteiger partial charge >= 0.3 is 5.97 Å². The predicted molar refractivity (Wildman–Crippen MR) is 160 cm³/mol. The summed E-state index contributed by atoms with van der Waals surface area (Å²) in [5.41, 5.74) is 6.78. The van der Waals surface area contributed by atoms with Gasteiger partial charge in [0.05, 0.1) is 16.9 Å². The molecule has 1 saturated heterocycles. The third-order valence-electron chi connectivity index (χ3n) is 7.79. The fraction of sp³-hybridized carbons (Fsp3) is 0.424. The summed E-state index contributed by atoms with van der Waals surface area (Å²) >= 11 is 0. The molecule has 5 rings (SSSR count). The SMILES string of the molecule is Cc1ccccc1-c1cccc(-c2cc3nc(C)c([C@H](OC(C)(C)C)C(=O)O)c(N4CCC(C)(C)CC4)n3n2)c1. The number of piperidine rings is 1. The largest absolute Gasteiger partial charge is 0.479 e. The van der Waals surface area contributed by atoms with Gasteiger partial charge in [-0.15, -0.1) is 0 Å². The molecule has 0 saturated carbocycles. The lowest BCUT2D eigenvalue weighted by atomic mass is 9.82. The van der Waals surface area contributed by atoms with Crippen LogP contribution in [0.15, 0.2) is 54.6 Å². The van der Waals surface area contributed by atoms with E-state index in [1.807, 2.05) is 44.3 Å². The maximum atomic E-state index is 12.6. The number of anilines is 1. The highest BCUT2D eigenvalue weighted by Gasteiger charge is 2.36. The Morgan fingerprint density at radius 1 is 1.00 bits per heavy atom. The van der Waals surface area contributed by atoms with Gasteiger partial charge in [-0.3, -0.25) is 0 Å². The van der Waals surface area contributed by atoms with Crippen LogP contribution in [0.5, 0.6) is 0 Å². The number of aromatic nitrogens is 3. The normalized spacial score (nSPS) is 16.3. The van der Waals surface area contributed by atoms with E-state index in [2.05, 4.69) is 68.1 Å². The fourth-order valence-electron chi connectivity index (χ4n) is 5.52. The molecule has 0 unspecified atom stereocenters. The molecule has 7 heteroatoms. The first kappa shape index (κ1) is 27.8. The van der Waals surface area contributed by atoms with Gasteiger partial charge in [-0.1, -0.05) is 56.3 Å². The van der Waals surface area contributed by atoms with Crippen LogP contribution in [0.25, 0.3) is 28.0 Å². The van der Waals surface area contributed by atoms with Gasteiger partial charge in [0, 0.05) is 30.4 Å². The Morgan fingerprint density at radius 3 is 2.33 bits per heavy atom. The van der Waals surface area contributed by atoms with Crippen LogP contribution in [0, 0.1) is 19.3 Å². The highest BCUT2D eigenvalue weighted by molar-refractivity contribution is 5.79. The van der Waals surface area contributed by atoms with Crippen molar-refractivity contribution in [3.63, 3.8) is 0 Å². The highest BCUT2D eigenvalue weighted by Crippen LogP contribution is 2.39. The molecule has 2 aromatic carbocycles. The molecule has 1 aliphatic heterocycles. The number of aryl methyl sites for hydroxylation is 2. The van der Waals surface area contributed by atoms with Crippen LogP contribution in [-0.4, -0.2) is 44.4 Å². The zero-order valence-electron chi connectivity index (χ0n) is 24.7. The quantitative estimate of drug-likeness (QED) is 0.278. The summed E-state index contributed by atoms with van der Waals surface area (Å²) in [4.78, 5) is 19.8. The summed E-state index contributed by atoms with van der Waals surface area (Å²) in [5, 5.41) is 15.4. The van der Waals surface area contributed by atoms with E-state index in [9.17, 15) is 9.90 Å². The molecule has 4 aromatic rings. The monoisotopic (exact) mass is 540 g/mol. The first-order chi connectivity index (χ1) is 18.8. The van der Waals surface area contributed by atoms with E-state index in [1.165, 1.54) is 11.1 Å². The van der Waals surface area contributed by atoms with E-state index in [0.717, 1.165) is 48.6 Å². The number of rotatable bonds is 6. The molecule has 0 bridgehead atoms. The molecule has 1 aliphatic rings. The standard InChI is InChI=1S/C33H40N4O3/c1-21-11-8-9-14-25(21)23-12-10-13-24(19-23)26-20-27-34-22(2)28(29(31(38)39)40-32(3,4)5)30(37(27)35-26)36-17-15-33(6,7)16-18-36/h8-14,19-20,29H,15-18H2,1-7H3,(H,38,39)/t29-/m0/s1. The minimum Gasteiger partial charge on any atom is -0.479 e. The molecule has 1 N–H and O–H groups in total. The molecule has 0 aliphatic carbocycles. The van der Waals surface area contributed by atoms with Crippen molar-refractivity contribution in [2.75, 3.05) is 18.0 Å². The van der Waals surface area contributed by atoms with Gasteiger partial charge < -0.3 is 14.7 Å². The summed E-state index contributed by atoms with van der Waals surface area (Å²) in [5.74, 6) is -0.271. The maximum absolute atomic E-state index is 12.6. The van der Waals surface area contributed by atoms with Crippen LogP contribution in [0.1, 0.15) is 70.4 Å². The van der Waals surface area contributed by atoms with Gasteiger partial charge in [-0.2, -0.15) is 9.61 Å². The number of ether oxygens (including phenoxy) is 1. The predicted octanol–water partition coefficient (Wildman–Crippen LogP) is 7.25. The van der Waals surface area contributed by atoms with Gasteiger partial charge in [0.2, 0.25) is 0 Å². The van der Waals surface area contributed by atoms with E-state index in [-0.39, 0.29) is 5.41 Å². The molecule has 210 valence electrons. The lowest BCUT2D eigenvalue weighted by molar-refractivity contribution is -0.160. The molecule has 1 fully saturated rings. The van der Waals surface area contributed by atoms with E-state index in [1.54, 1.807) is 0 Å². The van der Waals surface area contributed by atoms with Crippen molar-refractivity contribution in [1.29, 1.82) is 0 Å². The Hall–Kier alpha value is -3.71. The Balaban J connectivity index is 1.69. The van der Waals surface area contributed by atoms with Gasteiger partial charge in [-0.25, -0.2) is 9.78 Å². The zero-order chi connectivity index (χ0) is 28.8. The molecule has 0 radical (unpaired) electrons. The van der Waals surface area contributed by atoms with Gasteiger partial charge in [-0.05, 0) is 75.6 Å². The number of hydrogen-bond acceptors (Lipinski definition) is 5. The third kappa shape index (κ3) is 5.61. The zero-order valence-corrected chi connectivity index (χ0v) is 24.7. The van der Waals surface area contributed by atoms with Crippen LogP contribution < -0.4 is 4.90 Å². The molecular formula is C33H40N4O3. The first-order valence-corrected chi connectivity index (χ1v) is 14.1. The Kier molecular flexibility index (Phi) is 7.21.